The Morgan fingerprint density at radius 1 is 0.930 bits per heavy atom. The van der Waals surface area contributed by atoms with E-state index in [2.05, 4.69) is 35.2 Å². The van der Waals surface area contributed by atoms with Gasteiger partial charge in [0.05, 0.1) is 20.8 Å². The first-order valence-corrected chi connectivity index (χ1v) is 14.3. The Morgan fingerprint density at radius 2 is 1.53 bits per heavy atom. The number of aliphatic carboxylic acids is 1. The highest BCUT2D eigenvalue weighted by molar-refractivity contribution is 6.02. The minimum atomic E-state index is -2.29. The summed E-state index contributed by atoms with van der Waals surface area (Å²) in [5, 5.41) is 61.5. The largest absolute Gasteiger partial charge is 0.493 e. The van der Waals surface area contributed by atoms with Crippen molar-refractivity contribution in [3.8, 4) is 11.5 Å². The third kappa shape index (κ3) is 8.96. The fraction of sp³-hybridized carbons (Fsp3) is 0.548. The molecule has 1 heterocycles. The number of Topliss-reactive ketones (excluding diaryl/α,β-unsaturated/α-hetero) is 1. The van der Waals surface area contributed by atoms with Gasteiger partial charge >= 0.3 is 5.97 Å². The second-order valence-corrected chi connectivity index (χ2v) is 11.1. The van der Waals surface area contributed by atoms with Gasteiger partial charge in [-0.25, -0.2) is 4.79 Å². The summed E-state index contributed by atoms with van der Waals surface area (Å²) in [6, 6.07) is 14.5. The van der Waals surface area contributed by atoms with Gasteiger partial charge in [0.25, 0.3) is 0 Å². The van der Waals surface area contributed by atoms with Crippen LogP contribution in [0.15, 0.2) is 42.5 Å². The number of hydrogen-bond donors (Lipinski definition) is 7. The smallest absolute Gasteiger partial charge is 0.335 e. The predicted molar refractivity (Wildman–Crippen MR) is 155 cm³/mol. The zero-order valence-electron chi connectivity index (χ0n) is 24.5. The molecule has 0 aromatic heterocycles. The Morgan fingerprint density at radius 3 is 2.09 bits per heavy atom. The van der Waals surface area contributed by atoms with Gasteiger partial charge in [-0.2, -0.15) is 0 Å². The monoisotopic (exact) mass is 605 g/mol. The molecule has 1 aliphatic carbocycles. The molecule has 0 radical (unpaired) electrons. The van der Waals surface area contributed by atoms with Gasteiger partial charge in [0, 0.05) is 18.0 Å². The highest BCUT2D eigenvalue weighted by Gasteiger charge is 2.37. The summed E-state index contributed by atoms with van der Waals surface area (Å²) in [5.74, 6) is 0.597. The lowest BCUT2D eigenvalue weighted by Crippen LogP contribution is -2.51. The number of carboxylic acid groups (broad SMARTS) is 1. The average Bonchev–Trinajstić information content (AvgIpc) is 3.33. The Balaban J connectivity index is 0.000000289. The third-order valence-electron chi connectivity index (χ3n) is 8.14. The SMILES string of the molecule is COc1cc2c(cc1OC)C(=O)C(CC1CCN(Cc3ccccc3)CC1)C2.O=C(O)C(O)C(O)C(O)C(O)C(O)CO. The van der Waals surface area contributed by atoms with Crippen molar-refractivity contribution in [2.24, 2.45) is 11.8 Å². The van der Waals surface area contributed by atoms with E-state index < -0.39 is 43.1 Å². The summed E-state index contributed by atoms with van der Waals surface area (Å²) in [5.41, 5.74) is 3.31. The molecule has 2 aromatic carbocycles. The number of aliphatic hydroxyl groups is 6. The van der Waals surface area contributed by atoms with Crippen LogP contribution in [0.1, 0.15) is 40.7 Å². The van der Waals surface area contributed by atoms with E-state index in [1.807, 2.05) is 12.1 Å². The van der Waals surface area contributed by atoms with Gasteiger partial charge in [-0.05, 0) is 68.0 Å². The van der Waals surface area contributed by atoms with Gasteiger partial charge < -0.3 is 45.2 Å². The van der Waals surface area contributed by atoms with E-state index in [0.29, 0.717) is 17.4 Å². The molecule has 0 saturated carbocycles. The number of rotatable bonds is 12. The number of carbonyl (C=O) groups excluding carboxylic acids is 1. The number of likely N-dealkylation sites (tertiary alicyclic amines) is 1. The molecule has 2 aromatic rings. The van der Waals surface area contributed by atoms with Crippen molar-refractivity contribution in [1.29, 1.82) is 0 Å². The second-order valence-electron chi connectivity index (χ2n) is 11.1. The Hall–Kier alpha value is -3.10. The van der Waals surface area contributed by atoms with E-state index >= 15 is 0 Å². The molecule has 12 nitrogen and oxygen atoms in total. The number of piperidine rings is 1. The third-order valence-corrected chi connectivity index (χ3v) is 8.14. The number of benzene rings is 2. The van der Waals surface area contributed by atoms with Gasteiger partial charge in [-0.15, -0.1) is 0 Å². The molecule has 1 aliphatic heterocycles. The van der Waals surface area contributed by atoms with Crippen molar-refractivity contribution in [3.05, 3.63) is 59.2 Å². The highest BCUT2D eigenvalue weighted by atomic mass is 16.5. The maximum Gasteiger partial charge on any atom is 0.335 e. The quantitative estimate of drug-likeness (QED) is 0.174. The van der Waals surface area contributed by atoms with E-state index in [0.717, 1.165) is 43.6 Å². The van der Waals surface area contributed by atoms with Crippen molar-refractivity contribution in [1.82, 2.24) is 4.90 Å². The Kier molecular flexibility index (Phi) is 12.9. The lowest BCUT2D eigenvalue weighted by atomic mass is 9.85. The number of nitrogens with zero attached hydrogens (tertiary/aromatic N) is 1. The molecular formula is C31H43NO11. The topological polar surface area (TPSA) is 197 Å². The summed E-state index contributed by atoms with van der Waals surface area (Å²) in [6.45, 7) is 2.39. The molecule has 238 valence electrons. The van der Waals surface area contributed by atoms with E-state index in [9.17, 15) is 9.59 Å². The van der Waals surface area contributed by atoms with Crippen LogP contribution in [0.25, 0.3) is 0 Å². The van der Waals surface area contributed by atoms with Crippen molar-refractivity contribution in [2.75, 3.05) is 33.9 Å². The molecule has 43 heavy (non-hydrogen) atoms. The molecule has 0 bridgehead atoms. The van der Waals surface area contributed by atoms with Crippen molar-refractivity contribution in [3.63, 3.8) is 0 Å². The van der Waals surface area contributed by atoms with Crippen molar-refractivity contribution < 1.29 is 54.8 Å². The number of hydrogen-bond acceptors (Lipinski definition) is 11. The lowest BCUT2D eigenvalue weighted by Gasteiger charge is -2.32. The Bertz CT molecular complexity index is 1190. The van der Waals surface area contributed by atoms with Gasteiger partial charge in [0.1, 0.15) is 24.4 Å². The molecular weight excluding hydrogens is 562 g/mol. The van der Waals surface area contributed by atoms with Crippen LogP contribution in [0.4, 0.5) is 0 Å². The van der Waals surface area contributed by atoms with Crippen LogP contribution in [0.5, 0.6) is 11.5 Å². The molecule has 7 N–H and O–H groups in total. The van der Waals surface area contributed by atoms with Crippen LogP contribution in [-0.2, 0) is 17.8 Å². The number of aliphatic hydroxyl groups excluding tert-OH is 6. The summed E-state index contributed by atoms with van der Waals surface area (Å²) in [7, 11) is 3.26. The molecule has 2 aliphatic rings. The zero-order valence-corrected chi connectivity index (χ0v) is 24.5. The summed E-state index contributed by atoms with van der Waals surface area (Å²) < 4.78 is 10.8. The first kappa shape index (κ1) is 34.4. The second kappa shape index (κ2) is 16.1. The van der Waals surface area contributed by atoms with Crippen LogP contribution in [0.3, 0.4) is 0 Å². The number of fused-ring (bicyclic) bond motifs is 1. The lowest BCUT2D eigenvalue weighted by molar-refractivity contribution is -0.169. The summed E-state index contributed by atoms with van der Waals surface area (Å²) in [4.78, 5) is 25.7. The number of carbonyl (C=O) groups is 2. The molecule has 0 spiro atoms. The highest BCUT2D eigenvalue weighted by Crippen LogP contribution is 2.39. The van der Waals surface area contributed by atoms with Crippen LogP contribution in [0.2, 0.25) is 0 Å². The van der Waals surface area contributed by atoms with Crippen molar-refractivity contribution >= 4 is 11.8 Å². The van der Waals surface area contributed by atoms with E-state index in [4.69, 9.17) is 45.2 Å². The fourth-order valence-electron chi connectivity index (χ4n) is 5.58. The van der Waals surface area contributed by atoms with Gasteiger partial charge in [0.2, 0.25) is 0 Å². The first-order valence-electron chi connectivity index (χ1n) is 14.3. The maximum absolute atomic E-state index is 12.9. The summed E-state index contributed by atoms with van der Waals surface area (Å²) >= 11 is 0. The van der Waals surface area contributed by atoms with Gasteiger partial charge in [0.15, 0.2) is 23.4 Å². The summed E-state index contributed by atoms with van der Waals surface area (Å²) in [6.07, 6.45) is -6.05. The van der Waals surface area contributed by atoms with Crippen LogP contribution < -0.4 is 9.47 Å². The Labute approximate surface area is 250 Å². The predicted octanol–water partition coefficient (Wildman–Crippen LogP) is 0.229. The maximum atomic E-state index is 12.9. The molecule has 6 unspecified atom stereocenters. The minimum Gasteiger partial charge on any atom is -0.493 e. The molecule has 12 heteroatoms. The van der Waals surface area contributed by atoms with Crippen molar-refractivity contribution in [2.45, 2.75) is 62.7 Å². The minimum absolute atomic E-state index is 0.109. The molecule has 0 amide bonds. The standard InChI is InChI=1S/C24H29NO3.C7H14O8/c1-27-22-14-19-13-20(24(26)21(19)15-23(22)28-2)12-17-8-10-25(11-9-17)16-18-6-4-3-5-7-18;8-1-2(9)3(10)4(11)5(12)6(13)7(14)15/h3-7,14-15,17,20H,8-13,16H2,1-2H3;2-6,8-13H,1H2,(H,14,15). The van der Waals surface area contributed by atoms with Crippen LogP contribution in [0, 0.1) is 11.8 Å². The van der Waals surface area contributed by atoms with Gasteiger partial charge in [-0.1, -0.05) is 30.3 Å². The normalized spacial score (nSPS) is 20.7. The number of methoxy groups -OCH3 is 2. The van der Waals surface area contributed by atoms with Gasteiger partial charge in [-0.3, -0.25) is 9.69 Å². The van der Waals surface area contributed by atoms with E-state index in [-0.39, 0.29) is 11.7 Å². The van der Waals surface area contributed by atoms with E-state index in [1.165, 1.54) is 18.4 Å². The number of carboxylic acids is 1. The van der Waals surface area contributed by atoms with E-state index in [1.54, 1.807) is 14.2 Å². The number of ether oxygens (including phenoxy) is 2. The fourth-order valence-corrected chi connectivity index (χ4v) is 5.58. The molecule has 6 atom stereocenters. The molecule has 1 saturated heterocycles. The first-order chi connectivity index (χ1) is 20.5. The van der Waals surface area contributed by atoms with Crippen LogP contribution in [-0.4, -0.2) is 117 Å². The molecule has 1 fully saturated rings. The number of ketones is 1. The molecule has 4 rings (SSSR count). The zero-order chi connectivity index (χ0) is 31.7. The van der Waals surface area contributed by atoms with Crippen LogP contribution >= 0.6 is 0 Å². The average molecular weight is 606 g/mol.